The molecule has 0 amide bonds. The van der Waals surface area contributed by atoms with Gasteiger partial charge in [-0.1, -0.05) is 30.2 Å². The van der Waals surface area contributed by atoms with Gasteiger partial charge in [0, 0.05) is 10.8 Å². The topological polar surface area (TPSA) is 80.3 Å². The van der Waals surface area contributed by atoms with Crippen molar-refractivity contribution in [3.05, 3.63) is 23.3 Å². The van der Waals surface area contributed by atoms with Gasteiger partial charge >= 0.3 is 0 Å². The Morgan fingerprint density at radius 1 is 1.03 bits per heavy atom. The SMILES string of the molecule is C[C@]12CC=C3[C@@H](CC=C4CC5OCCOC5C[C@@]43CCOS(C)(=O)=O)[C@@H]1CC1OCCOC12. The smallest absolute Gasteiger partial charge is 0.264 e. The molecule has 0 N–H and O–H groups in total. The van der Waals surface area contributed by atoms with Crippen LogP contribution < -0.4 is 0 Å². The molecule has 4 unspecified atom stereocenters. The monoisotopic (exact) mass is 480 g/mol. The van der Waals surface area contributed by atoms with Crippen molar-refractivity contribution >= 4 is 10.1 Å². The number of allylic oxidation sites excluding steroid dienone is 3. The minimum atomic E-state index is -3.49. The maximum atomic E-state index is 11.8. The zero-order valence-electron chi connectivity index (χ0n) is 19.7. The van der Waals surface area contributed by atoms with Gasteiger partial charge < -0.3 is 18.9 Å². The van der Waals surface area contributed by atoms with Crippen LogP contribution in [-0.2, 0) is 33.2 Å². The molecular weight excluding hydrogens is 444 g/mol. The van der Waals surface area contributed by atoms with Crippen LogP contribution in [0.4, 0.5) is 0 Å². The van der Waals surface area contributed by atoms with E-state index in [0.717, 1.165) is 38.4 Å². The van der Waals surface area contributed by atoms with Crippen molar-refractivity contribution in [2.24, 2.45) is 22.7 Å². The van der Waals surface area contributed by atoms with Crippen LogP contribution in [0.15, 0.2) is 23.3 Å². The predicted octanol–water partition coefficient (Wildman–Crippen LogP) is 3.00. The van der Waals surface area contributed by atoms with E-state index in [1.54, 1.807) is 0 Å². The maximum absolute atomic E-state index is 11.8. The van der Waals surface area contributed by atoms with Crippen LogP contribution >= 0.6 is 0 Å². The first kappa shape index (κ1) is 22.7. The summed E-state index contributed by atoms with van der Waals surface area (Å²) in [7, 11) is -3.49. The van der Waals surface area contributed by atoms with Crippen LogP contribution in [0.3, 0.4) is 0 Å². The van der Waals surface area contributed by atoms with Crippen molar-refractivity contribution in [3.63, 3.8) is 0 Å². The third kappa shape index (κ3) is 3.67. The molecule has 2 saturated heterocycles. The lowest BCUT2D eigenvalue weighted by atomic mass is 9.50. The lowest BCUT2D eigenvalue weighted by molar-refractivity contribution is -0.163. The van der Waals surface area contributed by atoms with Crippen molar-refractivity contribution in [2.75, 3.05) is 39.3 Å². The third-order valence-electron chi connectivity index (χ3n) is 9.42. The van der Waals surface area contributed by atoms with Gasteiger partial charge in [-0.15, -0.1) is 0 Å². The van der Waals surface area contributed by atoms with Gasteiger partial charge in [0.25, 0.3) is 10.1 Å². The molecule has 2 heterocycles. The summed E-state index contributed by atoms with van der Waals surface area (Å²) in [6, 6.07) is 0. The highest BCUT2D eigenvalue weighted by Crippen LogP contribution is 2.65. The van der Waals surface area contributed by atoms with Gasteiger partial charge in [-0.25, -0.2) is 0 Å². The van der Waals surface area contributed by atoms with E-state index in [1.165, 1.54) is 11.1 Å². The van der Waals surface area contributed by atoms with Gasteiger partial charge in [-0.3, -0.25) is 4.18 Å². The van der Waals surface area contributed by atoms with Crippen LogP contribution in [0, 0.1) is 22.7 Å². The number of hydrogen-bond acceptors (Lipinski definition) is 7. The molecule has 8 atom stereocenters. The summed E-state index contributed by atoms with van der Waals surface area (Å²) in [4.78, 5) is 0. The predicted molar refractivity (Wildman–Crippen MR) is 121 cm³/mol. The number of rotatable bonds is 4. The number of fused-ring (bicyclic) bond motifs is 8. The molecular formula is C25H36O7S. The minimum absolute atomic E-state index is 0.0416. The fraction of sp³-hybridized carbons (Fsp3) is 0.840. The van der Waals surface area contributed by atoms with Crippen molar-refractivity contribution in [2.45, 2.75) is 69.9 Å². The first-order valence-corrected chi connectivity index (χ1v) is 14.3. The molecule has 0 aromatic heterocycles. The lowest BCUT2D eigenvalue weighted by Crippen LogP contribution is -2.53. The zero-order chi connectivity index (χ0) is 22.8. The Hall–Kier alpha value is -0.770. The van der Waals surface area contributed by atoms with Gasteiger partial charge in [0.15, 0.2) is 0 Å². The molecule has 184 valence electrons. The average molecular weight is 481 g/mol. The highest BCUT2D eigenvalue weighted by molar-refractivity contribution is 7.85. The van der Waals surface area contributed by atoms with E-state index in [0.29, 0.717) is 44.7 Å². The Bertz CT molecular complexity index is 958. The Labute approximate surface area is 196 Å². The highest BCUT2D eigenvalue weighted by Gasteiger charge is 2.61. The molecule has 6 rings (SSSR count). The largest absolute Gasteiger partial charge is 0.373 e. The van der Waals surface area contributed by atoms with Gasteiger partial charge in [0.1, 0.15) is 0 Å². The molecule has 2 aliphatic heterocycles. The molecule has 0 radical (unpaired) electrons. The van der Waals surface area contributed by atoms with E-state index < -0.39 is 10.1 Å². The minimum Gasteiger partial charge on any atom is -0.373 e. The fourth-order valence-electron chi connectivity index (χ4n) is 8.04. The Morgan fingerprint density at radius 3 is 2.55 bits per heavy atom. The zero-order valence-corrected chi connectivity index (χ0v) is 20.5. The van der Waals surface area contributed by atoms with Gasteiger partial charge in [0.2, 0.25) is 0 Å². The molecule has 7 nitrogen and oxygen atoms in total. The normalized spacial score (nSPS) is 46.7. The first-order valence-electron chi connectivity index (χ1n) is 12.5. The summed E-state index contributed by atoms with van der Waals surface area (Å²) < 4.78 is 53.5. The molecule has 4 fully saturated rings. The molecule has 0 aromatic carbocycles. The van der Waals surface area contributed by atoms with Crippen molar-refractivity contribution in [3.8, 4) is 0 Å². The molecule has 8 heteroatoms. The van der Waals surface area contributed by atoms with E-state index >= 15 is 0 Å². The summed E-state index contributed by atoms with van der Waals surface area (Å²) >= 11 is 0. The van der Waals surface area contributed by atoms with Crippen LogP contribution in [0.5, 0.6) is 0 Å². The van der Waals surface area contributed by atoms with Crippen molar-refractivity contribution < 1.29 is 31.5 Å². The highest BCUT2D eigenvalue weighted by atomic mass is 32.2. The van der Waals surface area contributed by atoms with E-state index in [9.17, 15) is 8.42 Å². The fourth-order valence-corrected chi connectivity index (χ4v) is 8.43. The molecule has 0 aromatic rings. The summed E-state index contributed by atoms with van der Waals surface area (Å²) in [5.74, 6) is 0.918. The molecule has 0 bridgehead atoms. The standard InChI is InChI=1S/C25H36O7S/c1-24-6-5-18-17(19(24)14-21-23(24)31-12-11-29-21)4-3-16-13-20-22(30-10-9-28-20)15-25(16,18)7-8-32-33(2,26)27/h3,5,17,19-23H,4,6-15H2,1-2H3/t17-,19+,20?,21?,22?,23?,24+,25+/m1/s1. The van der Waals surface area contributed by atoms with E-state index in [1.807, 2.05) is 0 Å². The van der Waals surface area contributed by atoms with Gasteiger partial charge in [-0.05, 0) is 50.4 Å². The average Bonchev–Trinajstić information content (AvgIpc) is 3.09. The summed E-state index contributed by atoms with van der Waals surface area (Å²) in [5.41, 5.74) is 2.73. The molecule has 33 heavy (non-hydrogen) atoms. The number of ether oxygens (including phenoxy) is 4. The Morgan fingerprint density at radius 2 is 1.76 bits per heavy atom. The summed E-state index contributed by atoms with van der Waals surface area (Å²) in [6.45, 7) is 5.22. The Kier molecular flexibility index (Phi) is 5.59. The van der Waals surface area contributed by atoms with Crippen LogP contribution in [0.1, 0.15) is 45.4 Å². The van der Waals surface area contributed by atoms with E-state index in [4.69, 9.17) is 23.1 Å². The van der Waals surface area contributed by atoms with Crippen molar-refractivity contribution in [1.82, 2.24) is 0 Å². The van der Waals surface area contributed by atoms with Gasteiger partial charge in [-0.2, -0.15) is 8.42 Å². The second-order valence-electron chi connectivity index (χ2n) is 11.1. The number of hydrogen-bond donors (Lipinski definition) is 0. The molecule has 4 aliphatic carbocycles. The van der Waals surface area contributed by atoms with Crippen LogP contribution in [-0.4, -0.2) is 72.1 Å². The van der Waals surface area contributed by atoms with Crippen LogP contribution in [0.25, 0.3) is 0 Å². The second-order valence-corrected chi connectivity index (χ2v) is 12.7. The van der Waals surface area contributed by atoms with Crippen molar-refractivity contribution in [1.29, 1.82) is 0 Å². The lowest BCUT2D eigenvalue weighted by Gasteiger charge is -2.56. The molecule has 2 saturated carbocycles. The quantitative estimate of drug-likeness (QED) is 0.452. The Balaban J connectivity index is 1.36. The maximum Gasteiger partial charge on any atom is 0.264 e. The second kappa shape index (κ2) is 8.14. The molecule has 6 aliphatic rings. The van der Waals surface area contributed by atoms with E-state index in [2.05, 4.69) is 19.1 Å². The van der Waals surface area contributed by atoms with E-state index in [-0.39, 0.29) is 41.9 Å². The summed E-state index contributed by atoms with van der Waals surface area (Å²) in [5, 5.41) is 0. The van der Waals surface area contributed by atoms with Gasteiger partial charge in [0.05, 0.1) is 63.7 Å². The molecule has 0 spiro atoms. The third-order valence-corrected chi connectivity index (χ3v) is 10.0. The first-order chi connectivity index (χ1) is 15.8. The van der Waals surface area contributed by atoms with Crippen LogP contribution in [0.2, 0.25) is 0 Å². The summed E-state index contributed by atoms with van der Waals surface area (Å²) in [6.07, 6.45) is 11.9.